The molecule has 1 aliphatic rings. The van der Waals surface area contributed by atoms with E-state index in [4.69, 9.17) is 0 Å². The normalized spacial score (nSPS) is 19.5. The van der Waals surface area contributed by atoms with E-state index in [0.29, 0.717) is 6.54 Å². The number of hydrogen-bond donors (Lipinski definition) is 0. The molecule has 24 heavy (non-hydrogen) atoms. The molecule has 0 radical (unpaired) electrons. The number of imidazole rings is 1. The number of aromatic nitrogens is 2. The number of nitrogens with zero attached hydrogens (tertiary/aromatic N) is 3. The first-order valence-corrected chi connectivity index (χ1v) is 9.66. The van der Waals surface area contributed by atoms with Gasteiger partial charge in [-0.05, 0) is 43.5 Å². The lowest BCUT2D eigenvalue weighted by Crippen LogP contribution is -2.43. The standard InChI is InChI=1S/C17H22FN3O2S/c1-20-13-11-19-17(20)10-7-15-4-2-3-12-21(15)24(22,23)16-8-5-14(18)6-9-16/h5-6,8-9,11,13,15H,2-4,7,10,12H2,1H3/t15-/m0/s1. The molecular weight excluding hydrogens is 329 g/mol. The van der Waals surface area contributed by atoms with Gasteiger partial charge in [0, 0.05) is 38.4 Å². The summed E-state index contributed by atoms with van der Waals surface area (Å²) in [5, 5.41) is 0. The Morgan fingerprint density at radius 2 is 2.00 bits per heavy atom. The van der Waals surface area contributed by atoms with Crippen molar-refractivity contribution in [3.05, 3.63) is 48.3 Å². The molecule has 2 aromatic rings. The number of halogens is 1. The first kappa shape index (κ1) is 17.1. The van der Waals surface area contributed by atoms with Gasteiger partial charge in [-0.25, -0.2) is 17.8 Å². The molecule has 130 valence electrons. The van der Waals surface area contributed by atoms with Crippen molar-refractivity contribution in [1.82, 2.24) is 13.9 Å². The zero-order valence-electron chi connectivity index (χ0n) is 13.7. The highest BCUT2D eigenvalue weighted by molar-refractivity contribution is 7.89. The smallest absolute Gasteiger partial charge is 0.243 e. The van der Waals surface area contributed by atoms with Gasteiger partial charge in [0.15, 0.2) is 0 Å². The lowest BCUT2D eigenvalue weighted by molar-refractivity contribution is 0.240. The molecule has 1 atom stereocenters. The Labute approximate surface area is 142 Å². The van der Waals surface area contributed by atoms with Crippen LogP contribution in [0.2, 0.25) is 0 Å². The van der Waals surface area contributed by atoms with E-state index in [2.05, 4.69) is 4.98 Å². The Bertz CT molecular complexity index is 786. The molecule has 5 nitrogen and oxygen atoms in total. The summed E-state index contributed by atoms with van der Waals surface area (Å²) in [6.07, 6.45) is 7.87. The molecule has 3 rings (SSSR count). The summed E-state index contributed by atoms with van der Waals surface area (Å²) in [5.41, 5.74) is 0. The molecule has 0 bridgehead atoms. The molecule has 1 saturated heterocycles. The van der Waals surface area contributed by atoms with Crippen LogP contribution in [0.5, 0.6) is 0 Å². The van der Waals surface area contributed by atoms with Crippen LogP contribution in [0.4, 0.5) is 4.39 Å². The Morgan fingerprint density at radius 1 is 1.25 bits per heavy atom. The zero-order chi connectivity index (χ0) is 17.2. The molecule has 1 fully saturated rings. The maximum absolute atomic E-state index is 13.1. The van der Waals surface area contributed by atoms with E-state index in [-0.39, 0.29) is 10.9 Å². The van der Waals surface area contributed by atoms with Crippen LogP contribution in [0.1, 0.15) is 31.5 Å². The number of benzene rings is 1. The van der Waals surface area contributed by atoms with E-state index in [1.807, 2.05) is 17.8 Å². The van der Waals surface area contributed by atoms with E-state index in [9.17, 15) is 12.8 Å². The highest BCUT2D eigenvalue weighted by Gasteiger charge is 2.33. The summed E-state index contributed by atoms with van der Waals surface area (Å²) in [6.45, 7) is 0.519. The minimum Gasteiger partial charge on any atom is -0.338 e. The topological polar surface area (TPSA) is 55.2 Å². The van der Waals surface area contributed by atoms with E-state index < -0.39 is 15.8 Å². The summed E-state index contributed by atoms with van der Waals surface area (Å²) in [6, 6.07) is 5.04. The quantitative estimate of drug-likeness (QED) is 0.832. The van der Waals surface area contributed by atoms with Crippen LogP contribution in [0, 0.1) is 5.82 Å². The van der Waals surface area contributed by atoms with Crippen molar-refractivity contribution in [3.8, 4) is 0 Å². The summed E-state index contributed by atoms with van der Waals surface area (Å²) >= 11 is 0. The summed E-state index contributed by atoms with van der Waals surface area (Å²) in [4.78, 5) is 4.47. The summed E-state index contributed by atoms with van der Waals surface area (Å²) in [5.74, 6) is 0.527. The van der Waals surface area contributed by atoms with Gasteiger partial charge in [-0.3, -0.25) is 0 Å². The molecule has 0 unspecified atom stereocenters. The predicted molar refractivity (Wildman–Crippen MR) is 89.5 cm³/mol. The third-order valence-corrected chi connectivity index (χ3v) is 6.58. The van der Waals surface area contributed by atoms with Gasteiger partial charge in [0.25, 0.3) is 0 Å². The van der Waals surface area contributed by atoms with E-state index in [1.165, 1.54) is 24.3 Å². The minimum absolute atomic E-state index is 0.0366. The molecule has 1 aromatic heterocycles. The van der Waals surface area contributed by atoms with Gasteiger partial charge in [-0.2, -0.15) is 4.31 Å². The third-order valence-electron chi connectivity index (χ3n) is 4.62. The molecular formula is C17H22FN3O2S. The van der Waals surface area contributed by atoms with Crippen molar-refractivity contribution in [2.45, 2.75) is 43.0 Å². The van der Waals surface area contributed by atoms with E-state index >= 15 is 0 Å². The highest BCUT2D eigenvalue weighted by atomic mass is 32.2. The maximum atomic E-state index is 13.1. The maximum Gasteiger partial charge on any atom is 0.243 e. The van der Waals surface area contributed by atoms with Crippen molar-refractivity contribution >= 4 is 10.0 Å². The van der Waals surface area contributed by atoms with Crippen LogP contribution in [0.25, 0.3) is 0 Å². The lowest BCUT2D eigenvalue weighted by atomic mass is 10.0. The molecule has 0 spiro atoms. The SMILES string of the molecule is Cn1ccnc1CC[C@@H]1CCCCN1S(=O)(=O)c1ccc(F)cc1. The second-order valence-corrected chi connectivity index (χ2v) is 8.10. The molecule has 0 N–H and O–H groups in total. The lowest BCUT2D eigenvalue weighted by Gasteiger charge is -2.34. The molecule has 0 amide bonds. The number of aryl methyl sites for hydroxylation is 2. The Balaban J connectivity index is 1.78. The Morgan fingerprint density at radius 3 is 2.67 bits per heavy atom. The van der Waals surface area contributed by atoms with Crippen LogP contribution in [-0.2, 0) is 23.5 Å². The Hall–Kier alpha value is -1.73. The summed E-state index contributed by atoms with van der Waals surface area (Å²) in [7, 11) is -1.65. The van der Waals surface area contributed by atoms with Crippen molar-refractivity contribution < 1.29 is 12.8 Å². The van der Waals surface area contributed by atoms with Crippen LogP contribution in [0.15, 0.2) is 41.6 Å². The van der Waals surface area contributed by atoms with E-state index in [1.54, 1.807) is 10.5 Å². The van der Waals surface area contributed by atoms with Gasteiger partial charge in [-0.1, -0.05) is 6.42 Å². The van der Waals surface area contributed by atoms with Gasteiger partial charge in [0.05, 0.1) is 4.90 Å². The van der Waals surface area contributed by atoms with Gasteiger partial charge in [0.2, 0.25) is 10.0 Å². The fourth-order valence-electron chi connectivity index (χ4n) is 3.25. The zero-order valence-corrected chi connectivity index (χ0v) is 14.5. The number of piperidine rings is 1. The summed E-state index contributed by atoms with van der Waals surface area (Å²) < 4.78 is 42.5. The third kappa shape index (κ3) is 3.52. The van der Waals surface area contributed by atoms with Crippen molar-refractivity contribution in [2.75, 3.05) is 6.54 Å². The fourth-order valence-corrected chi connectivity index (χ4v) is 4.98. The highest BCUT2D eigenvalue weighted by Crippen LogP contribution is 2.28. The van der Waals surface area contributed by atoms with Crippen LogP contribution >= 0.6 is 0 Å². The van der Waals surface area contributed by atoms with E-state index in [0.717, 1.165) is 37.9 Å². The largest absolute Gasteiger partial charge is 0.338 e. The molecule has 0 aliphatic carbocycles. The first-order valence-electron chi connectivity index (χ1n) is 8.22. The Kier molecular flexibility index (Phi) is 5.01. The number of sulfonamides is 1. The van der Waals surface area contributed by atoms with Gasteiger partial charge >= 0.3 is 0 Å². The second-order valence-electron chi connectivity index (χ2n) is 6.21. The minimum atomic E-state index is -3.59. The van der Waals surface area contributed by atoms with Crippen molar-refractivity contribution in [3.63, 3.8) is 0 Å². The van der Waals surface area contributed by atoms with Gasteiger partial charge in [0.1, 0.15) is 11.6 Å². The van der Waals surface area contributed by atoms with Crippen LogP contribution < -0.4 is 0 Å². The van der Waals surface area contributed by atoms with Crippen molar-refractivity contribution in [2.24, 2.45) is 7.05 Å². The molecule has 1 aliphatic heterocycles. The van der Waals surface area contributed by atoms with Gasteiger partial charge < -0.3 is 4.57 Å². The molecule has 0 saturated carbocycles. The van der Waals surface area contributed by atoms with Crippen LogP contribution in [-0.4, -0.2) is 34.9 Å². The molecule has 7 heteroatoms. The number of rotatable bonds is 5. The molecule has 1 aromatic carbocycles. The average molecular weight is 351 g/mol. The second kappa shape index (κ2) is 7.03. The average Bonchev–Trinajstić information content (AvgIpc) is 2.99. The number of hydrogen-bond acceptors (Lipinski definition) is 3. The van der Waals surface area contributed by atoms with Crippen molar-refractivity contribution in [1.29, 1.82) is 0 Å². The molecule has 2 heterocycles. The first-order chi connectivity index (χ1) is 11.5. The monoisotopic (exact) mass is 351 g/mol. The fraction of sp³-hybridized carbons (Fsp3) is 0.471. The van der Waals surface area contributed by atoms with Gasteiger partial charge in [-0.15, -0.1) is 0 Å². The van der Waals surface area contributed by atoms with Crippen LogP contribution in [0.3, 0.4) is 0 Å². The predicted octanol–water partition coefficient (Wildman–Crippen LogP) is 2.74.